The topological polar surface area (TPSA) is 34.1 Å². The van der Waals surface area contributed by atoms with Crippen LogP contribution in [0.4, 0.5) is 0 Å². The lowest BCUT2D eigenvalue weighted by atomic mass is 9.46. The lowest BCUT2D eigenvalue weighted by Crippen LogP contribution is -2.51. The Morgan fingerprint density at radius 2 is 0.750 bits per heavy atom. The summed E-state index contributed by atoms with van der Waals surface area (Å²) in [5.74, 6) is 0.598. The molecule has 0 bridgehead atoms. The van der Waals surface area contributed by atoms with Crippen LogP contribution in [-0.2, 0) is 9.59 Å². The second-order valence-electron chi connectivity index (χ2n) is 10.4. The molecule has 4 atom stereocenters. The minimum atomic E-state index is -0.368. The number of allylic oxidation sites excluding steroid dienone is 8. The van der Waals surface area contributed by atoms with Gasteiger partial charge in [0, 0.05) is 10.8 Å². The van der Waals surface area contributed by atoms with Crippen LogP contribution in [0.2, 0.25) is 0 Å². The standard InChI is InChI=1S/C26H34O2/c1-13-19(23(7)15(3)17(5)25(23,9)21(13)27)11-12-20-14(2)22(28)26(10)18(6)16(4)24(20,26)8/h11-12H2,1-10H3. The number of carbonyl (C=O) groups is 2. The third kappa shape index (κ3) is 1.52. The second-order valence-corrected chi connectivity index (χ2v) is 10.4. The molecule has 2 heteroatoms. The maximum Gasteiger partial charge on any atom is 0.169 e. The molecule has 0 heterocycles. The van der Waals surface area contributed by atoms with E-state index in [2.05, 4.69) is 55.4 Å². The Labute approximate surface area is 169 Å². The number of ketones is 2. The summed E-state index contributed by atoms with van der Waals surface area (Å²) in [6.45, 7) is 21.4. The van der Waals surface area contributed by atoms with E-state index < -0.39 is 0 Å². The zero-order chi connectivity index (χ0) is 21.2. The first kappa shape index (κ1) is 19.6. The van der Waals surface area contributed by atoms with Gasteiger partial charge in [-0.1, -0.05) is 47.3 Å². The average molecular weight is 379 g/mol. The van der Waals surface area contributed by atoms with Crippen LogP contribution in [0.1, 0.15) is 82.1 Å². The lowest BCUT2D eigenvalue weighted by Gasteiger charge is -2.55. The summed E-state index contributed by atoms with van der Waals surface area (Å²) in [7, 11) is 0. The molecule has 0 saturated heterocycles. The number of hydrogen-bond acceptors (Lipinski definition) is 2. The number of rotatable bonds is 3. The van der Waals surface area contributed by atoms with Gasteiger partial charge < -0.3 is 0 Å². The van der Waals surface area contributed by atoms with Gasteiger partial charge in [0.15, 0.2) is 11.6 Å². The van der Waals surface area contributed by atoms with Crippen molar-refractivity contribution < 1.29 is 9.59 Å². The average Bonchev–Trinajstić information content (AvgIpc) is 2.90. The third-order valence-corrected chi connectivity index (χ3v) is 10.5. The van der Waals surface area contributed by atoms with E-state index in [1.54, 1.807) is 0 Å². The van der Waals surface area contributed by atoms with Gasteiger partial charge in [-0.05, 0) is 79.4 Å². The van der Waals surface area contributed by atoms with Gasteiger partial charge in [0.25, 0.3) is 0 Å². The van der Waals surface area contributed by atoms with Crippen LogP contribution in [-0.4, -0.2) is 11.6 Å². The van der Waals surface area contributed by atoms with Crippen LogP contribution in [0.25, 0.3) is 0 Å². The maximum absolute atomic E-state index is 13.1. The van der Waals surface area contributed by atoms with E-state index in [0.29, 0.717) is 11.6 Å². The molecule has 0 aliphatic heterocycles. The first-order valence-electron chi connectivity index (χ1n) is 10.6. The summed E-state index contributed by atoms with van der Waals surface area (Å²) in [6.07, 6.45) is 1.73. The van der Waals surface area contributed by atoms with Crippen LogP contribution in [0.15, 0.2) is 44.6 Å². The number of Topliss-reactive ketones (excluding diaryl/α,β-unsaturated/α-hetero) is 2. The van der Waals surface area contributed by atoms with Gasteiger partial charge in [-0.2, -0.15) is 0 Å². The molecule has 150 valence electrons. The van der Waals surface area contributed by atoms with E-state index in [4.69, 9.17) is 0 Å². The normalized spacial score (nSPS) is 42.4. The Morgan fingerprint density at radius 1 is 0.500 bits per heavy atom. The highest BCUT2D eigenvalue weighted by Gasteiger charge is 2.68. The molecule has 0 aromatic rings. The zero-order valence-corrected chi connectivity index (χ0v) is 19.2. The van der Waals surface area contributed by atoms with E-state index >= 15 is 0 Å². The highest BCUT2D eigenvalue weighted by atomic mass is 16.1. The van der Waals surface area contributed by atoms with Gasteiger partial charge in [-0.25, -0.2) is 0 Å². The SMILES string of the molecule is CC1=C(CCC2=C(C)C(=O)C3(C)C(C)=C(C)C23C)C2(C)C(C)=C(C)C2(C)C1=O. The molecule has 4 aliphatic rings. The molecule has 0 radical (unpaired) electrons. The molecule has 4 aliphatic carbocycles. The van der Waals surface area contributed by atoms with Crippen molar-refractivity contribution in [2.75, 3.05) is 0 Å². The number of fused-ring (bicyclic) bond motifs is 2. The van der Waals surface area contributed by atoms with Crippen molar-refractivity contribution in [3.05, 3.63) is 44.6 Å². The highest BCUT2D eigenvalue weighted by Crippen LogP contribution is 2.72. The van der Waals surface area contributed by atoms with E-state index in [0.717, 1.165) is 24.0 Å². The summed E-state index contributed by atoms with van der Waals surface area (Å²) in [4.78, 5) is 26.3. The molecule has 0 fully saturated rings. The van der Waals surface area contributed by atoms with Crippen LogP contribution in [0, 0.1) is 21.7 Å². The molecule has 28 heavy (non-hydrogen) atoms. The van der Waals surface area contributed by atoms with E-state index in [1.807, 2.05) is 13.8 Å². The Hall–Kier alpha value is -1.70. The lowest BCUT2D eigenvalue weighted by molar-refractivity contribution is -0.126. The highest BCUT2D eigenvalue weighted by molar-refractivity contribution is 6.09. The molecule has 4 unspecified atom stereocenters. The number of carbonyl (C=O) groups excluding carboxylic acids is 2. The van der Waals surface area contributed by atoms with Crippen LogP contribution < -0.4 is 0 Å². The quantitative estimate of drug-likeness (QED) is 0.541. The Bertz CT molecular complexity index is 931. The van der Waals surface area contributed by atoms with Crippen LogP contribution in [0.3, 0.4) is 0 Å². The predicted octanol–water partition coefficient (Wildman–Crippen LogP) is 6.29. The Kier molecular flexibility index (Phi) is 3.55. The molecular formula is C26H34O2. The molecule has 0 aromatic carbocycles. The monoisotopic (exact) mass is 378 g/mol. The van der Waals surface area contributed by atoms with Crippen molar-refractivity contribution >= 4 is 11.6 Å². The van der Waals surface area contributed by atoms with E-state index in [-0.39, 0.29) is 21.7 Å². The third-order valence-electron chi connectivity index (χ3n) is 10.5. The van der Waals surface area contributed by atoms with E-state index in [9.17, 15) is 9.59 Å². The molecule has 0 saturated carbocycles. The van der Waals surface area contributed by atoms with Gasteiger partial charge in [-0.15, -0.1) is 0 Å². The summed E-state index contributed by atoms with van der Waals surface area (Å²) < 4.78 is 0. The van der Waals surface area contributed by atoms with E-state index in [1.165, 1.54) is 33.4 Å². The molecule has 0 aromatic heterocycles. The van der Waals surface area contributed by atoms with Gasteiger partial charge in [0.1, 0.15) is 0 Å². The van der Waals surface area contributed by atoms with Gasteiger partial charge >= 0.3 is 0 Å². The zero-order valence-electron chi connectivity index (χ0n) is 19.2. The van der Waals surface area contributed by atoms with Crippen LogP contribution >= 0.6 is 0 Å². The fourth-order valence-corrected chi connectivity index (χ4v) is 7.63. The first-order valence-corrected chi connectivity index (χ1v) is 10.6. The smallest absolute Gasteiger partial charge is 0.169 e. The van der Waals surface area contributed by atoms with Crippen molar-refractivity contribution in [2.45, 2.75) is 82.1 Å². The van der Waals surface area contributed by atoms with Crippen molar-refractivity contribution in [3.8, 4) is 0 Å². The van der Waals surface area contributed by atoms with Crippen LogP contribution in [0.5, 0.6) is 0 Å². The van der Waals surface area contributed by atoms with Gasteiger partial charge in [0.05, 0.1) is 10.8 Å². The number of hydrogen-bond donors (Lipinski definition) is 0. The maximum atomic E-state index is 13.1. The summed E-state index contributed by atoms with van der Waals surface area (Å²) in [5, 5.41) is 0. The van der Waals surface area contributed by atoms with Gasteiger partial charge in [-0.3, -0.25) is 9.59 Å². The molecule has 4 rings (SSSR count). The fraction of sp³-hybridized carbons (Fsp3) is 0.615. The fourth-order valence-electron chi connectivity index (χ4n) is 7.63. The minimum absolute atomic E-state index is 0.153. The predicted molar refractivity (Wildman–Crippen MR) is 114 cm³/mol. The second kappa shape index (κ2) is 5.07. The molecule has 2 nitrogen and oxygen atoms in total. The summed E-state index contributed by atoms with van der Waals surface area (Å²) in [5.41, 5.74) is 8.66. The van der Waals surface area contributed by atoms with Crippen molar-refractivity contribution in [3.63, 3.8) is 0 Å². The van der Waals surface area contributed by atoms with Crippen molar-refractivity contribution in [1.29, 1.82) is 0 Å². The molecular weight excluding hydrogens is 344 g/mol. The Morgan fingerprint density at radius 3 is 1.04 bits per heavy atom. The van der Waals surface area contributed by atoms with Crippen molar-refractivity contribution in [1.82, 2.24) is 0 Å². The summed E-state index contributed by atoms with van der Waals surface area (Å²) in [6, 6.07) is 0. The Balaban J connectivity index is 1.72. The molecule has 0 spiro atoms. The first-order chi connectivity index (χ1) is 12.7. The molecule has 0 N–H and O–H groups in total. The van der Waals surface area contributed by atoms with Gasteiger partial charge in [0.2, 0.25) is 0 Å². The summed E-state index contributed by atoms with van der Waals surface area (Å²) >= 11 is 0. The van der Waals surface area contributed by atoms with Crippen molar-refractivity contribution in [2.24, 2.45) is 21.7 Å². The molecule has 0 amide bonds. The largest absolute Gasteiger partial charge is 0.294 e. The minimum Gasteiger partial charge on any atom is -0.294 e.